The number of aliphatic imine (C=N–C) groups is 1. The Kier molecular flexibility index (Phi) is 8.08. The summed E-state index contributed by atoms with van der Waals surface area (Å²) < 4.78 is 66.8. The van der Waals surface area contributed by atoms with Gasteiger partial charge in [0.2, 0.25) is 5.88 Å². The number of ether oxygens (including phenoxy) is 1. The summed E-state index contributed by atoms with van der Waals surface area (Å²) in [6.07, 6.45) is 2.33. The van der Waals surface area contributed by atoms with Crippen LogP contribution in [0.2, 0.25) is 0 Å². The van der Waals surface area contributed by atoms with Crippen LogP contribution in [0, 0.1) is 5.92 Å². The van der Waals surface area contributed by atoms with E-state index in [4.69, 9.17) is 4.74 Å². The maximum Gasteiger partial charge on any atom is 0.511 e. The van der Waals surface area contributed by atoms with Crippen molar-refractivity contribution in [3.63, 3.8) is 0 Å². The quantitative estimate of drug-likeness (QED) is 0.498. The van der Waals surface area contributed by atoms with Gasteiger partial charge in [0.15, 0.2) is 5.96 Å². The summed E-state index contributed by atoms with van der Waals surface area (Å²) in [6, 6.07) is 3.69. The van der Waals surface area contributed by atoms with Crippen LogP contribution in [-0.4, -0.2) is 62.5 Å². The van der Waals surface area contributed by atoms with Crippen LogP contribution in [0.3, 0.4) is 0 Å². The molecule has 0 spiro atoms. The number of guanidine groups is 1. The molecular formula is C17H26F3N5O3S. The maximum absolute atomic E-state index is 12.6. The van der Waals surface area contributed by atoms with E-state index < -0.39 is 15.5 Å². The van der Waals surface area contributed by atoms with Gasteiger partial charge in [-0.05, 0) is 31.7 Å². The number of pyridine rings is 1. The lowest BCUT2D eigenvalue weighted by Crippen LogP contribution is -2.47. The summed E-state index contributed by atoms with van der Waals surface area (Å²) in [5.41, 5.74) is -4.39. The second-order valence-electron chi connectivity index (χ2n) is 6.50. The number of sulfonamides is 1. The highest BCUT2D eigenvalue weighted by Crippen LogP contribution is 2.30. The minimum Gasteiger partial charge on any atom is -0.478 e. The van der Waals surface area contributed by atoms with Gasteiger partial charge in [0.05, 0.1) is 6.61 Å². The number of halogens is 3. The molecule has 164 valence electrons. The van der Waals surface area contributed by atoms with E-state index in [0.29, 0.717) is 48.7 Å². The van der Waals surface area contributed by atoms with Gasteiger partial charge in [-0.3, -0.25) is 4.99 Å². The first kappa shape index (κ1) is 23.2. The molecule has 1 aromatic heterocycles. The fourth-order valence-corrected chi connectivity index (χ4v) is 3.95. The Morgan fingerprint density at radius 3 is 2.62 bits per heavy atom. The molecule has 2 heterocycles. The molecule has 0 amide bonds. The molecule has 0 saturated carbocycles. The van der Waals surface area contributed by atoms with Crippen molar-refractivity contribution in [3.05, 3.63) is 23.9 Å². The van der Waals surface area contributed by atoms with Crippen LogP contribution in [0.4, 0.5) is 13.2 Å². The smallest absolute Gasteiger partial charge is 0.478 e. The van der Waals surface area contributed by atoms with Crippen LogP contribution in [0.5, 0.6) is 5.88 Å². The number of nitrogens with one attached hydrogen (secondary N) is 2. The van der Waals surface area contributed by atoms with Crippen molar-refractivity contribution in [3.8, 4) is 5.88 Å². The van der Waals surface area contributed by atoms with Gasteiger partial charge < -0.3 is 15.4 Å². The van der Waals surface area contributed by atoms with Crippen LogP contribution in [0.1, 0.15) is 25.3 Å². The topological polar surface area (TPSA) is 95.9 Å². The summed E-state index contributed by atoms with van der Waals surface area (Å²) in [7, 11) is -3.64. The van der Waals surface area contributed by atoms with Gasteiger partial charge in [0.1, 0.15) is 0 Å². The van der Waals surface area contributed by atoms with Gasteiger partial charge >= 0.3 is 15.5 Å². The van der Waals surface area contributed by atoms with Gasteiger partial charge in [0.25, 0.3) is 0 Å². The number of nitrogens with zero attached hydrogens (tertiary/aromatic N) is 3. The number of alkyl halides is 3. The van der Waals surface area contributed by atoms with E-state index in [-0.39, 0.29) is 19.0 Å². The largest absolute Gasteiger partial charge is 0.511 e. The zero-order chi connectivity index (χ0) is 21.5. The zero-order valence-corrected chi connectivity index (χ0v) is 17.2. The van der Waals surface area contributed by atoms with E-state index >= 15 is 0 Å². The van der Waals surface area contributed by atoms with Gasteiger partial charge in [-0.15, -0.1) is 0 Å². The summed E-state index contributed by atoms with van der Waals surface area (Å²) in [6.45, 7) is 2.99. The summed E-state index contributed by atoms with van der Waals surface area (Å²) in [5.74, 6) is 1.11. The van der Waals surface area contributed by atoms with E-state index in [1.807, 2.05) is 13.0 Å². The van der Waals surface area contributed by atoms with Crippen LogP contribution in [0.15, 0.2) is 23.3 Å². The molecule has 1 aliphatic heterocycles. The van der Waals surface area contributed by atoms with Crippen molar-refractivity contribution in [2.24, 2.45) is 10.9 Å². The molecule has 1 aromatic rings. The fraction of sp³-hybridized carbons (Fsp3) is 0.647. The monoisotopic (exact) mass is 437 g/mol. The highest BCUT2D eigenvalue weighted by atomic mass is 32.2. The Balaban J connectivity index is 1.81. The van der Waals surface area contributed by atoms with Gasteiger partial charge in [-0.2, -0.15) is 17.5 Å². The number of aromatic nitrogens is 1. The molecule has 0 aliphatic carbocycles. The van der Waals surface area contributed by atoms with Gasteiger partial charge in [0, 0.05) is 45.0 Å². The molecule has 2 rings (SSSR count). The average Bonchev–Trinajstić information content (AvgIpc) is 2.69. The van der Waals surface area contributed by atoms with Crippen molar-refractivity contribution in [2.75, 3.05) is 33.3 Å². The van der Waals surface area contributed by atoms with Crippen molar-refractivity contribution in [2.45, 2.75) is 31.8 Å². The van der Waals surface area contributed by atoms with Crippen molar-refractivity contribution >= 4 is 16.0 Å². The van der Waals surface area contributed by atoms with E-state index in [1.54, 1.807) is 19.3 Å². The maximum atomic E-state index is 12.6. The van der Waals surface area contributed by atoms with E-state index in [2.05, 4.69) is 20.6 Å². The Morgan fingerprint density at radius 2 is 2.03 bits per heavy atom. The molecule has 0 unspecified atom stereocenters. The predicted octanol–water partition coefficient (Wildman–Crippen LogP) is 1.71. The molecule has 1 fully saturated rings. The van der Waals surface area contributed by atoms with E-state index in [9.17, 15) is 21.6 Å². The molecule has 1 saturated heterocycles. The third kappa shape index (κ3) is 6.20. The minimum atomic E-state index is -5.25. The highest BCUT2D eigenvalue weighted by Gasteiger charge is 2.50. The number of hydrogen-bond donors (Lipinski definition) is 2. The molecule has 0 atom stereocenters. The summed E-state index contributed by atoms with van der Waals surface area (Å²) in [5, 5.41) is 6.27. The van der Waals surface area contributed by atoms with Gasteiger partial charge in [-0.25, -0.2) is 13.4 Å². The molecule has 0 bridgehead atoms. The fourth-order valence-electron chi connectivity index (χ4n) is 2.97. The molecule has 2 N–H and O–H groups in total. The van der Waals surface area contributed by atoms with Crippen LogP contribution in [0.25, 0.3) is 0 Å². The standard InChI is InChI=1S/C17H26F3N5O3S/c1-3-28-15-14(5-4-8-22-15)12-24-16(21-2)23-11-13-6-9-25(10-7-13)29(26,27)17(18,19)20/h4-5,8,13H,3,6-7,9-12H2,1-2H3,(H2,21,23,24). The zero-order valence-electron chi connectivity index (χ0n) is 16.4. The second kappa shape index (κ2) is 10.1. The summed E-state index contributed by atoms with van der Waals surface area (Å²) >= 11 is 0. The first-order valence-electron chi connectivity index (χ1n) is 9.26. The first-order chi connectivity index (χ1) is 13.7. The van der Waals surface area contributed by atoms with E-state index in [1.165, 1.54) is 0 Å². The van der Waals surface area contributed by atoms with Crippen molar-refractivity contribution < 1.29 is 26.3 Å². The molecule has 12 heteroatoms. The Hall–Kier alpha value is -2.08. The Bertz CT molecular complexity index is 794. The van der Waals surface area contributed by atoms with Crippen LogP contribution >= 0.6 is 0 Å². The van der Waals surface area contributed by atoms with Crippen molar-refractivity contribution in [1.29, 1.82) is 0 Å². The molecule has 1 aliphatic rings. The lowest BCUT2D eigenvalue weighted by molar-refractivity contribution is -0.0496. The Morgan fingerprint density at radius 1 is 1.34 bits per heavy atom. The van der Waals surface area contributed by atoms with Crippen molar-refractivity contribution in [1.82, 2.24) is 19.9 Å². The third-order valence-corrected chi connectivity index (χ3v) is 6.19. The minimum absolute atomic E-state index is 0.0469. The summed E-state index contributed by atoms with van der Waals surface area (Å²) in [4.78, 5) is 8.31. The molecule has 0 aromatic carbocycles. The molecular weight excluding hydrogens is 411 g/mol. The van der Waals surface area contributed by atoms with E-state index in [0.717, 1.165) is 5.56 Å². The second-order valence-corrected chi connectivity index (χ2v) is 8.43. The number of hydrogen-bond acceptors (Lipinski definition) is 5. The SMILES string of the molecule is CCOc1ncccc1CNC(=NC)NCC1CCN(S(=O)(=O)C(F)(F)F)CC1. The van der Waals surface area contributed by atoms with Crippen LogP contribution < -0.4 is 15.4 Å². The molecule has 8 nitrogen and oxygen atoms in total. The molecule has 0 radical (unpaired) electrons. The predicted molar refractivity (Wildman–Crippen MR) is 103 cm³/mol. The van der Waals surface area contributed by atoms with Gasteiger partial charge in [-0.1, -0.05) is 6.07 Å². The normalized spacial score (nSPS) is 17.2. The van der Waals surface area contributed by atoms with Crippen LogP contribution in [-0.2, 0) is 16.6 Å². The molecule has 29 heavy (non-hydrogen) atoms. The first-order valence-corrected chi connectivity index (χ1v) is 10.7. The number of rotatable bonds is 7. The third-order valence-electron chi connectivity index (χ3n) is 4.57. The number of piperidine rings is 1. The average molecular weight is 437 g/mol. The lowest BCUT2D eigenvalue weighted by Gasteiger charge is -2.31. The lowest BCUT2D eigenvalue weighted by atomic mass is 9.98. The highest BCUT2D eigenvalue weighted by molar-refractivity contribution is 7.90. The Labute approximate surface area is 168 Å².